The van der Waals surface area contributed by atoms with Gasteiger partial charge < -0.3 is 14.2 Å². The second-order valence-electron chi connectivity index (χ2n) is 20.3. The van der Waals surface area contributed by atoms with E-state index >= 15 is 0 Å². The first-order valence-corrected chi connectivity index (χ1v) is 29.8. The molecule has 0 saturated carbocycles. The number of rotatable bonds is 55. The van der Waals surface area contributed by atoms with Gasteiger partial charge in [-0.05, 0) is 51.4 Å². The summed E-state index contributed by atoms with van der Waals surface area (Å²) in [6, 6.07) is 0. The Morgan fingerprint density at radius 1 is 0.299 bits per heavy atom. The maximum absolute atomic E-state index is 12.8. The Morgan fingerprint density at radius 2 is 0.537 bits per heavy atom. The zero-order valence-corrected chi connectivity index (χ0v) is 45.2. The monoisotopic (exact) mass is 943 g/mol. The standard InChI is InChI=1S/C61H114O6/c1-4-7-10-13-16-19-22-24-26-28-29-30-31-32-33-35-36-39-42-45-48-51-54-60(63)66-57-58(56-65-59(62)53-50-47-44-41-38-21-18-15-12-9-6-3)67-61(64)55-52-49-46-43-40-37-34-27-25-23-20-17-14-11-8-5-2/h20,23,27,34,58H,4-19,21-22,24-26,28-33,35-57H2,1-3H3/b23-20-,34-27-. The van der Waals surface area contributed by atoms with Gasteiger partial charge >= 0.3 is 17.9 Å². The van der Waals surface area contributed by atoms with E-state index in [-0.39, 0.29) is 31.1 Å². The summed E-state index contributed by atoms with van der Waals surface area (Å²) >= 11 is 0. The molecular weight excluding hydrogens is 829 g/mol. The van der Waals surface area contributed by atoms with Gasteiger partial charge in [0.2, 0.25) is 0 Å². The lowest BCUT2D eigenvalue weighted by Crippen LogP contribution is -2.30. The van der Waals surface area contributed by atoms with E-state index in [9.17, 15) is 14.4 Å². The minimum absolute atomic E-state index is 0.0716. The molecule has 1 atom stereocenters. The number of hydrogen-bond donors (Lipinski definition) is 0. The fourth-order valence-electron chi connectivity index (χ4n) is 8.95. The van der Waals surface area contributed by atoms with Crippen molar-refractivity contribution in [2.75, 3.05) is 13.2 Å². The van der Waals surface area contributed by atoms with Gasteiger partial charge in [-0.2, -0.15) is 0 Å². The summed E-state index contributed by atoms with van der Waals surface area (Å²) in [4.78, 5) is 38.1. The SMILES string of the molecule is CCCCCC/C=C\C/C=C\CCCCCCCC(=O)OC(COC(=O)CCCCCCCCCCCCC)COC(=O)CCCCCCCCCCCCCCCCCCCCCCCC. The highest BCUT2D eigenvalue weighted by molar-refractivity contribution is 5.71. The maximum Gasteiger partial charge on any atom is 0.306 e. The topological polar surface area (TPSA) is 78.9 Å². The molecule has 0 rings (SSSR count). The van der Waals surface area contributed by atoms with Crippen molar-refractivity contribution in [2.45, 2.75) is 335 Å². The molecule has 0 aliphatic carbocycles. The first kappa shape index (κ1) is 64.9. The molecule has 67 heavy (non-hydrogen) atoms. The van der Waals surface area contributed by atoms with Crippen molar-refractivity contribution in [2.24, 2.45) is 0 Å². The van der Waals surface area contributed by atoms with Crippen LogP contribution in [0.25, 0.3) is 0 Å². The first-order chi connectivity index (χ1) is 33.0. The summed E-state index contributed by atoms with van der Waals surface area (Å²) < 4.78 is 16.9. The molecule has 0 N–H and O–H groups in total. The quantitative estimate of drug-likeness (QED) is 0.0262. The maximum atomic E-state index is 12.8. The van der Waals surface area contributed by atoms with Gasteiger partial charge in [0, 0.05) is 19.3 Å². The highest BCUT2D eigenvalue weighted by Crippen LogP contribution is 2.17. The molecule has 0 aromatic carbocycles. The van der Waals surface area contributed by atoms with Gasteiger partial charge in [0.05, 0.1) is 0 Å². The van der Waals surface area contributed by atoms with Crippen LogP contribution in [0.3, 0.4) is 0 Å². The van der Waals surface area contributed by atoms with Gasteiger partial charge in [0.15, 0.2) is 6.10 Å². The average Bonchev–Trinajstić information content (AvgIpc) is 3.33. The van der Waals surface area contributed by atoms with Gasteiger partial charge in [-0.15, -0.1) is 0 Å². The normalized spacial score (nSPS) is 12.1. The lowest BCUT2D eigenvalue weighted by atomic mass is 10.0. The van der Waals surface area contributed by atoms with Crippen LogP contribution >= 0.6 is 0 Å². The van der Waals surface area contributed by atoms with E-state index in [1.54, 1.807) is 0 Å². The molecule has 0 aromatic heterocycles. The predicted molar refractivity (Wildman–Crippen MR) is 289 cm³/mol. The fourth-order valence-corrected chi connectivity index (χ4v) is 8.95. The predicted octanol–water partition coefficient (Wildman–Crippen LogP) is 19.9. The number of allylic oxidation sites excluding steroid dienone is 4. The van der Waals surface area contributed by atoms with Gasteiger partial charge in [0.25, 0.3) is 0 Å². The summed E-state index contributed by atoms with van der Waals surface area (Å²) in [6.45, 7) is 6.66. The van der Waals surface area contributed by atoms with Gasteiger partial charge in [-0.25, -0.2) is 0 Å². The molecule has 0 saturated heterocycles. The highest BCUT2D eigenvalue weighted by atomic mass is 16.6. The molecule has 6 heteroatoms. The average molecular weight is 944 g/mol. The molecule has 0 fully saturated rings. The smallest absolute Gasteiger partial charge is 0.306 e. The van der Waals surface area contributed by atoms with Crippen molar-refractivity contribution in [1.29, 1.82) is 0 Å². The molecule has 0 aliphatic heterocycles. The van der Waals surface area contributed by atoms with Crippen LogP contribution in [0, 0.1) is 0 Å². The van der Waals surface area contributed by atoms with Crippen molar-refractivity contribution in [1.82, 2.24) is 0 Å². The second kappa shape index (κ2) is 56.5. The third-order valence-electron chi connectivity index (χ3n) is 13.5. The van der Waals surface area contributed by atoms with Crippen LogP contribution in [0.4, 0.5) is 0 Å². The Balaban J connectivity index is 4.25. The van der Waals surface area contributed by atoms with Crippen LogP contribution in [0.2, 0.25) is 0 Å². The van der Waals surface area contributed by atoms with Crippen LogP contribution in [0.1, 0.15) is 329 Å². The zero-order chi connectivity index (χ0) is 48.6. The van der Waals surface area contributed by atoms with Crippen LogP contribution in [-0.2, 0) is 28.6 Å². The van der Waals surface area contributed by atoms with Crippen molar-refractivity contribution in [3.63, 3.8) is 0 Å². The van der Waals surface area contributed by atoms with Crippen LogP contribution in [0.5, 0.6) is 0 Å². The van der Waals surface area contributed by atoms with Crippen molar-refractivity contribution >= 4 is 17.9 Å². The van der Waals surface area contributed by atoms with Crippen molar-refractivity contribution < 1.29 is 28.6 Å². The molecule has 6 nitrogen and oxygen atoms in total. The van der Waals surface area contributed by atoms with Gasteiger partial charge in [-0.1, -0.05) is 283 Å². The molecule has 0 aliphatic rings. The van der Waals surface area contributed by atoms with E-state index in [1.165, 1.54) is 212 Å². The minimum atomic E-state index is -0.773. The highest BCUT2D eigenvalue weighted by Gasteiger charge is 2.19. The number of carbonyl (C=O) groups is 3. The number of hydrogen-bond acceptors (Lipinski definition) is 6. The first-order valence-electron chi connectivity index (χ1n) is 29.8. The summed E-state index contributed by atoms with van der Waals surface area (Å²) in [7, 11) is 0. The zero-order valence-electron chi connectivity index (χ0n) is 45.2. The van der Waals surface area contributed by atoms with Crippen LogP contribution in [0.15, 0.2) is 24.3 Å². The molecule has 0 heterocycles. The lowest BCUT2D eigenvalue weighted by molar-refractivity contribution is -0.167. The molecule has 0 aromatic rings. The van der Waals surface area contributed by atoms with E-state index in [2.05, 4.69) is 45.1 Å². The summed E-state index contributed by atoms with van der Waals surface area (Å²) in [5.41, 5.74) is 0. The van der Waals surface area contributed by atoms with Crippen LogP contribution in [-0.4, -0.2) is 37.2 Å². The summed E-state index contributed by atoms with van der Waals surface area (Å²) in [6.07, 6.45) is 66.1. The van der Waals surface area contributed by atoms with Crippen LogP contribution < -0.4 is 0 Å². The molecule has 394 valence electrons. The van der Waals surface area contributed by atoms with E-state index in [4.69, 9.17) is 14.2 Å². The van der Waals surface area contributed by atoms with E-state index in [0.717, 1.165) is 77.0 Å². The Labute approximate surface area is 417 Å². The largest absolute Gasteiger partial charge is 0.462 e. The molecule has 0 bridgehead atoms. The molecule has 0 radical (unpaired) electrons. The van der Waals surface area contributed by atoms with E-state index in [0.29, 0.717) is 19.3 Å². The molecule has 0 spiro atoms. The summed E-state index contributed by atoms with van der Waals surface area (Å²) in [5.74, 6) is -0.865. The fraction of sp³-hybridized carbons (Fsp3) is 0.885. The Kier molecular flexibility index (Phi) is 54.7. The minimum Gasteiger partial charge on any atom is -0.462 e. The lowest BCUT2D eigenvalue weighted by Gasteiger charge is -2.18. The number of unbranched alkanes of at least 4 members (excludes halogenated alkanes) is 40. The Morgan fingerprint density at radius 3 is 0.836 bits per heavy atom. The molecule has 0 amide bonds. The Bertz CT molecular complexity index is 1080. The molecule has 1 unspecified atom stereocenters. The third-order valence-corrected chi connectivity index (χ3v) is 13.5. The van der Waals surface area contributed by atoms with Gasteiger partial charge in [-0.3, -0.25) is 14.4 Å². The van der Waals surface area contributed by atoms with E-state index < -0.39 is 6.10 Å². The molecular formula is C61H114O6. The number of carbonyl (C=O) groups excluding carboxylic acids is 3. The number of ether oxygens (including phenoxy) is 3. The van der Waals surface area contributed by atoms with Crippen molar-refractivity contribution in [3.8, 4) is 0 Å². The Hall–Kier alpha value is -2.11. The third kappa shape index (κ3) is 54.7. The van der Waals surface area contributed by atoms with Gasteiger partial charge in [0.1, 0.15) is 13.2 Å². The second-order valence-corrected chi connectivity index (χ2v) is 20.3. The number of esters is 3. The summed E-state index contributed by atoms with van der Waals surface area (Å²) in [5, 5.41) is 0. The van der Waals surface area contributed by atoms with Crippen molar-refractivity contribution in [3.05, 3.63) is 24.3 Å². The van der Waals surface area contributed by atoms with E-state index in [1.807, 2.05) is 0 Å².